The Morgan fingerprint density at radius 2 is 1.95 bits per heavy atom. The minimum atomic E-state index is 0.0223. The topological polar surface area (TPSA) is 29.1 Å². The Kier molecular flexibility index (Phi) is 5.62. The number of benzene rings is 2. The van der Waals surface area contributed by atoms with E-state index in [2.05, 4.69) is 44.3 Å². The Morgan fingerprint density at radius 3 is 2.59 bits per heavy atom. The first-order valence-electron chi connectivity index (χ1n) is 7.60. The lowest BCUT2D eigenvalue weighted by Gasteiger charge is -2.20. The largest absolute Gasteiger partial charge is 0.349 e. The molecule has 0 saturated carbocycles. The summed E-state index contributed by atoms with van der Waals surface area (Å²) in [6.07, 6.45) is 1.22. The zero-order valence-electron chi connectivity index (χ0n) is 13.3. The van der Waals surface area contributed by atoms with Crippen molar-refractivity contribution in [3.63, 3.8) is 0 Å². The van der Waals surface area contributed by atoms with Gasteiger partial charge in [-0.25, -0.2) is 0 Å². The SMILES string of the molecule is CC[C@@H](NC(=O)Cc1cccc(Cl)c1)c1ccc(C)cc1C. The lowest BCUT2D eigenvalue weighted by molar-refractivity contribution is -0.121. The van der Waals surface area contributed by atoms with E-state index in [-0.39, 0.29) is 11.9 Å². The third-order valence-corrected chi connectivity index (χ3v) is 4.03. The van der Waals surface area contributed by atoms with Crippen molar-refractivity contribution in [3.8, 4) is 0 Å². The summed E-state index contributed by atoms with van der Waals surface area (Å²) in [6.45, 7) is 6.26. The van der Waals surface area contributed by atoms with Crippen LogP contribution in [0.1, 0.15) is 41.6 Å². The number of nitrogens with one attached hydrogen (secondary N) is 1. The fourth-order valence-corrected chi connectivity index (χ4v) is 2.91. The summed E-state index contributed by atoms with van der Waals surface area (Å²) in [5, 5.41) is 3.79. The molecule has 0 bridgehead atoms. The molecule has 2 aromatic rings. The van der Waals surface area contributed by atoms with Crippen LogP contribution >= 0.6 is 11.6 Å². The molecule has 2 aromatic carbocycles. The van der Waals surface area contributed by atoms with E-state index in [0.29, 0.717) is 11.4 Å². The lowest BCUT2D eigenvalue weighted by atomic mass is 9.97. The molecule has 0 fully saturated rings. The maximum Gasteiger partial charge on any atom is 0.224 e. The molecule has 0 aliphatic carbocycles. The van der Waals surface area contributed by atoms with Crippen LogP contribution in [0, 0.1) is 13.8 Å². The molecule has 2 nitrogen and oxygen atoms in total. The van der Waals surface area contributed by atoms with Gasteiger partial charge in [0.1, 0.15) is 0 Å². The van der Waals surface area contributed by atoms with Crippen LogP contribution in [0.5, 0.6) is 0 Å². The Labute approximate surface area is 137 Å². The maximum absolute atomic E-state index is 12.3. The first-order chi connectivity index (χ1) is 10.5. The Balaban J connectivity index is 2.08. The van der Waals surface area contributed by atoms with Gasteiger partial charge in [0.2, 0.25) is 5.91 Å². The highest BCUT2D eigenvalue weighted by molar-refractivity contribution is 6.30. The van der Waals surface area contributed by atoms with E-state index >= 15 is 0 Å². The standard InChI is InChI=1S/C19H22ClNO/c1-4-18(17-9-8-13(2)10-14(17)3)21-19(22)12-15-6-5-7-16(20)11-15/h5-11,18H,4,12H2,1-3H3,(H,21,22)/t18-/m1/s1. The maximum atomic E-state index is 12.3. The van der Waals surface area contributed by atoms with Gasteiger partial charge in [-0.3, -0.25) is 4.79 Å². The van der Waals surface area contributed by atoms with Crippen LogP contribution in [0.25, 0.3) is 0 Å². The van der Waals surface area contributed by atoms with Gasteiger partial charge in [0, 0.05) is 5.02 Å². The zero-order chi connectivity index (χ0) is 16.1. The second-order valence-electron chi connectivity index (χ2n) is 5.70. The lowest BCUT2D eigenvalue weighted by Crippen LogP contribution is -2.30. The fourth-order valence-electron chi connectivity index (χ4n) is 2.69. The van der Waals surface area contributed by atoms with Crippen molar-refractivity contribution in [1.29, 1.82) is 0 Å². The molecule has 2 rings (SSSR count). The molecule has 1 amide bonds. The fraction of sp³-hybridized carbons (Fsp3) is 0.316. The van der Waals surface area contributed by atoms with Crippen molar-refractivity contribution < 1.29 is 4.79 Å². The van der Waals surface area contributed by atoms with Gasteiger partial charge in [0.25, 0.3) is 0 Å². The number of aryl methyl sites for hydroxylation is 2. The summed E-state index contributed by atoms with van der Waals surface area (Å²) in [7, 11) is 0. The first kappa shape index (κ1) is 16.6. The average molecular weight is 316 g/mol. The smallest absolute Gasteiger partial charge is 0.224 e. The van der Waals surface area contributed by atoms with E-state index in [1.165, 1.54) is 16.7 Å². The van der Waals surface area contributed by atoms with Gasteiger partial charge < -0.3 is 5.32 Å². The van der Waals surface area contributed by atoms with E-state index in [1.807, 2.05) is 24.3 Å². The van der Waals surface area contributed by atoms with Gasteiger partial charge in [-0.1, -0.05) is 54.4 Å². The summed E-state index contributed by atoms with van der Waals surface area (Å²) in [5.41, 5.74) is 4.57. The van der Waals surface area contributed by atoms with Crippen molar-refractivity contribution in [3.05, 3.63) is 69.7 Å². The molecular weight excluding hydrogens is 294 g/mol. The summed E-state index contributed by atoms with van der Waals surface area (Å²) >= 11 is 5.96. The minimum absolute atomic E-state index is 0.0223. The Hall–Kier alpha value is -1.80. The van der Waals surface area contributed by atoms with Gasteiger partial charge in [0.05, 0.1) is 12.5 Å². The number of carbonyl (C=O) groups is 1. The molecule has 22 heavy (non-hydrogen) atoms. The highest BCUT2D eigenvalue weighted by Crippen LogP contribution is 2.22. The molecule has 0 aliphatic rings. The first-order valence-corrected chi connectivity index (χ1v) is 7.98. The highest BCUT2D eigenvalue weighted by Gasteiger charge is 2.15. The van der Waals surface area contributed by atoms with E-state index in [1.54, 1.807) is 0 Å². The predicted molar refractivity (Wildman–Crippen MR) is 92.2 cm³/mol. The molecule has 3 heteroatoms. The Morgan fingerprint density at radius 1 is 1.18 bits per heavy atom. The normalized spacial score (nSPS) is 12.0. The van der Waals surface area contributed by atoms with Gasteiger partial charge in [0.15, 0.2) is 0 Å². The van der Waals surface area contributed by atoms with Gasteiger partial charge in [-0.15, -0.1) is 0 Å². The summed E-state index contributed by atoms with van der Waals surface area (Å²) in [4.78, 5) is 12.3. The number of halogens is 1. The second kappa shape index (κ2) is 7.46. The van der Waals surface area contributed by atoms with E-state index in [0.717, 1.165) is 12.0 Å². The molecule has 116 valence electrons. The van der Waals surface area contributed by atoms with Crippen LogP contribution in [0.15, 0.2) is 42.5 Å². The van der Waals surface area contributed by atoms with Crippen LogP contribution in [0.3, 0.4) is 0 Å². The monoisotopic (exact) mass is 315 g/mol. The number of carbonyl (C=O) groups excluding carboxylic acids is 1. The van der Waals surface area contributed by atoms with E-state index in [9.17, 15) is 4.79 Å². The Bertz CT molecular complexity index is 666. The molecule has 0 unspecified atom stereocenters. The summed E-state index contributed by atoms with van der Waals surface area (Å²) < 4.78 is 0. The van der Waals surface area contributed by atoms with Crippen molar-refractivity contribution in [2.45, 2.75) is 39.7 Å². The molecule has 0 saturated heterocycles. The van der Waals surface area contributed by atoms with Crippen LogP contribution in [-0.4, -0.2) is 5.91 Å². The molecule has 0 radical (unpaired) electrons. The summed E-state index contributed by atoms with van der Waals surface area (Å²) in [5.74, 6) is 0.0223. The molecule has 1 N–H and O–H groups in total. The number of hydrogen-bond donors (Lipinski definition) is 1. The van der Waals surface area contributed by atoms with E-state index < -0.39 is 0 Å². The van der Waals surface area contributed by atoms with E-state index in [4.69, 9.17) is 11.6 Å². The van der Waals surface area contributed by atoms with Crippen LogP contribution in [0.2, 0.25) is 5.02 Å². The van der Waals surface area contributed by atoms with Gasteiger partial charge >= 0.3 is 0 Å². The number of amides is 1. The average Bonchev–Trinajstić information content (AvgIpc) is 2.45. The third-order valence-electron chi connectivity index (χ3n) is 3.80. The predicted octanol–water partition coefficient (Wildman–Crippen LogP) is 4.77. The molecule has 0 spiro atoms. The molecular formula is C19H22ClNO. The molecule has 0 heterocycles. The van der Waals surface area contributed by atoms with Crippen LogP contribution in [0.4, 0.5) is 0 Å². The van der Waals surface area contributed by atoms with Crippen molar-refractivity contribution >= 4 is 17.5 Å². The van der Waals surface area contributed by atoms with Gasteiger partial charge in [-0.05, 0) is 49.1 Å². The van der Waals surface area contributed by atoms with Gasteiger partial charge in [-0.2, -0.15) is 0 Å². The molecule has 0 aliphatic heterocycles. The highest BCUT2D eigenvalue weighted by atomic mass is 35.5. The quantitative estimate of drug-likeness (QED) is 0.846. The second-order valence-corrected chi connectivity index (χ2v) is 6.13. The zero-order valence-corrected chi connectivity index (χ0v) is 14.1. The van der Waals surface area contributed by atoms with Crippen molar-refractivity contribution in [2.75, 3.05) is 0 Å². The number of hydrogen-bond acceptors (Lipinski definition) is 1. The van der Waals surface area contributed by atoms with Crippen LogP contribution < -0.4 is 5.32 Å². The minimum Gasteiger partial charge on any atom is -0.349 e. The van der Waals surface area contributed by atoms with Crippen molar-refractivity contribution in [2.24, 2.45) is 0 Å². The number of rotatable bonds is 5. The van der Waals surface area contributed by atoms with Crippen LogP contribution in [-0.2, 0) is 11.2 Å². The molecule has 0 aromatic heterocycles. The summed E-state index contributed by atoms with van der Waals surface area (Å²) in [6, 6.07) is 13.8. The molecule has 1 atom stereocenters. The third kappa shape index (κ3) is 4.35. The van der Waals surface area contributed by atoms with Crippen molar-refractivity contribution in [1.82, 2.24) is 5.32 Å².